The van der Waals surface area contributed by atoms with Crippen LogP contribution in [0.3, 0.4) is 0 Å². The van der Waals surface area contributed by atoms with Gasteiger partial charge in [0.25, 0.3) is 0 Å². The molecule has 0 unspecified atom stereocenters. The molecular weight excluding hydrogens is 247 g/mol. The molecule has 7 heteroatoms. The smallest absolute Gasteiger partial charge is 0.399 e. The molecule has 0 aliphatic carbocycles. The lowest BCUT2D eigenvalue weighted by molar-refractivity contribution is -0.122. The SMILES string of the molecule is CCN(C(=O)NCC(F)(F)F)c1cccc(N)c1. The predicted octanol–water partition coefficient (Wildman–Crippen LogP) is 2.37. The Labute approximate surface area is 103 Å². The van der Waals surface area contributed by atoms with Gasteiger partial charge in [0.2, 0.25) is 0 Å². The summed E-state index contributed by atoms with van der Waals surface area (Å²) in [6.07, 6.45) is -4.43. The highest BCUT2D eigenvalue weighted by molar-refractivity contribution is 5.92. The summed E-state index contributed by atoms with van der Waals surface area (Å²) in [7, 11) is 0. The van der Waals surface area contributed by atoms with Gasteiger partial charge in [-0.1, -0.05) is 6.07 Å². The number of carbonyl (C=O) groups excluding carboxylic acids is 1. The van der Waals surface area contributed by atoms with Crippen molar-refractivity contribution in [3.05, 3.63) is 24.3 Å². The van der Waals surface area contributed by atoms with Crippen LogP contribution < -0.4 is 16.0 Å². The summed E-state index contributed by atoms with van der Waals surface area (Å²) in [6.45, 7) is 0.550. The van der Waals surface area contributed by atoms with Crippen molar-refractivity contribution in [2.75, 3.05) is 23.7 Å². The molecule has 2 amide bonds. The Balaban J connectivity index is 2.75. The number of amides is 2. The van der Waals surface area contributed by atoms with Gasteiger partial charge in [-0.05, 0) is 25.1 Å². The van der Waals surface area contributed by atoms with Crippen LogP contribution in [0.5, 0.6) is 0 Å². The van der Waals surface area contributed by atoms with Gasteiger partial charge in [-0.3, -0.25) is 4.90 Å². The number of nitrogen functional groups attached to an aromatic ring is 1. The molecule has 1 rings (SSSR count). The molecule has 18 heavy (non-hydrogen) atoms. The molecule has 3 N–H and O–H groups in total. The molecule has 0 fully saturated rings. The summed E-state index contributed by atoms with van der Waals surface area (Å²) in [4.78, 5) is 12.8. The number of urea groups is 1. The number of rotatable bonds is 3. The third-order valence-corrected chi connectivity index (χ3v) is 2.18. The molecule has 100 valence electrons. The fourth-order valence-electron chi connectivity index (χ4n) is 1.41. The minimum atomic E-state index is -4.43. The summed E-state index contributed by atoms with van der Waals surface area (Å²) < 4.78 is 36.0. The molecule has 0 saturated carbocycles. The largest absolute Gasteiger partial charge is 0.405 e. The molecule has 1 aromatic rings. The molecular formula is C11H14F3N3O. The van der Waals surface area contributed by atoms with Crippen molar-refractivity contribution in [1.29, 1.82) is 0 Å². The zero-order valence-electron chi connectivity index (χ0n) is 9.79. The second-order valence-electron chi connectivity index (χ2n) is 3.61. The molecule has 0 aliphatic rings. The van der Waals surface area contributed by atoms with Crippen LogP contribution in [0.25, 0.3) is 0 Å². The van der Waals surface area contributed by atoms with E-state index in [0.29, 0.717) is 11.4 Å². The minimum absolute atomic E-state index is 0.243. The Morgan fingerprint density at radius 3 is 2.61 bits per heavy atom. The number of hydrogen-bond acceptors (Lipinski definition) is 2. The lowest BCUT2D eigenvalue weighted by Gasteiger charge is -2.22. The van der Waals surface area contributed by atoms with Gasteiger partial charge in [-0.15, -0.1) is 0 Å². The van der Waals surface area contributed by atoms with Crippen LogP contribution in [0.4, 0.5) is 29.3 Å². The van der Waals surface area contributed by atoms with Gasteiger partial charge in [-0.25, -0.2) is 4.79 Å². The average Bonchev–Trinajstić information content (AvgIpc) is 2.26. The lowest BCUT2D eigenvalue weighted by atomic mass is 10.2. The fraction of sp³-hybridized carbons (Fsp3) is 0.364. The number of nitrogens with zero attached hydrogens (tertiary/aromatic N) is 1. The highest BCUT2D eigenvalue weighted by atomic mass is 19.4. The molecule has 0 atom stereocenters. The number of hydrogen-bond donors (Lipinski definition) is 2. The van der Waals surface area contributed by atoms with Gasteiger partial charge < -0.3 is 11.1 Å². The van der Waals surface area contributed by atoms with E-state index in [1.54, 1.807) is 25.1 Å². The second kappa shape index (κ2) is 5.61. The van der Waals surface area contributed by atoms with Gasteiger partial charge >= 0.3 is 12.2 Å². The molecule has 0 saturated heterocycles. The first-order valence-electron chi connectivity index (χ1n) is 5.31. The van der Waals surface area contributed by atoms with E-state index >= 15 is 0 Å². The van der Waals surface area contributed by atoms with E-state index in [0.717, 1.165) is 0 Å². The Kier molecular flexibility index (Phi) is 4.41. The zero-order chi connectivity index (χ0) is 13.8. The topological polar surface area (TPSA) is 58.4 Å². The monoisotopic (exact) mass is 261 g/mol. The molecule has 0 radical (unpaired) electrons. The Morgan fingerprint density at radius 2 is 2.11 bits per heavy atom. The number of halogens is 3. The van der Waals surface area contributed by atoms with Crippen molar-refractivity contribution in [2.24, 2.45) is 0 Å². The third kappa shape index (κ3) is 4.15. The van der Waals surface area contributed by atoms with Gasteiger partial charge in [-0.2, -0.15) is 13.2 Å². The summed E-state index contributed by atoms with van der Waals surface area (Å²) in [5, 5.41) is 1.81. The number of nitrogens with two attached hydrogens (primary N) is 1. The maximum Gasteiger partial charge on any atom is 0.405 e. The Morgan fingerprint density at radius 1 is 1.44 bits per heavy atom. The fourth-order valence-corrected chi connectivity index (χ4v) is 1.41. The van der Waals surface area contributed by atoms with E-state index in [1.165, 1.54) is 11.0 Å². The molecule has 0 bridgehead atoms. The summed E-state index contributed by atoms with van der Waals surface area (Å²) >= 11 is 0. The predicted molar refractivity (Wildman–Crippen MR) is 63.3 cm³/mol. The molecule has 1 aromatic carbocycles. The summed E-state index contributed by atoms with van der Waals surface area (Å²) in [5.74, 6) is 0. The van der Waals surface area contributed by atoms with Crippen LogP contribution in [0.1, 0.15) is 6.92 Å². The molecule has 0 aliphatic heterocycles. The van der Waals surface area contributed by atoms with Gasteiger partial charge in [0.05, 0.1) is 0 Å². The van der Waals surface area contributed by atoms with Crippen LogP contribution in [0, 0.1) is 0 Å². The van der Waals surface area contributed by atoms with Gasteiger partial charge in [0.1, 0.15) is 6.54 Å². The molecule has 0 aromatic heterocycles. The first-order chi connectivity index (χ1) is 8.33. The molecule has 0 spiro atoms. The van der Waals surface area contributed by atoms with Crippen molar-refractivity contribution < 1.29 is 18.0 Å². The van der Waals surface area contributed by atoms with Crippen LogP contribution in [-0.4, -0.2) is 25.3 Å². The van der Waals surface area contributed by atoms with Crippen LogP contribution >= 0.6 is 0 Å². The number of nitrogens with one attached hydrogen (secondary N) is 1. The standard InChI is InChI=1S/C11H14F3N3O/c1-2-17(9-5-3-4-8(15)6-9)10(18)16-7-11(12,13)14/h3-6H,2,7,15H2,1H3,(H,16,18). The van der Waals surface area contributed by atoms with E-state index in [9.17, 15) is 18.0 Å². The zero-order valence-corrected chi connectivity index (χ0v) is 9.79. The number of carbonyl (C=O) groups is 1. The van der Waals surface area contributed by atoms with Crippen molar-refractivity contribution in [3.8, 4) is 0 Å². The highest BCUT2D eigenvalue weighted by Crippen LogP contribution is 2.18. The second-order valence-corrected chi connectivity index (χ2v) is 3.61. The number of anilines is 2. The quantitative estimate of drug-likeness (QED) is 0.821. The van der Waals surface area contributed by atoms with Crippen LogP contribution in [0.2, 0.25) is 0 Å². The van der Waals surface area contributed by atoms with Crippen LogP contribution in [0.15, 0.2) is 24.3 Å². The maximum absolute atomic E-state index is 12.0. The van der Waals surface area contributed by atoms with E-state index in [1.807, 2.05) is 5.32 Å². The van der Waals surface area contributed by atoms with Crippen LogP contribution in [-0.2, 0) is 0 Å². The van der Waals surface area contributed by atoms with Crippen molar-refractivity contribution in [2.45, 2.75) is 13.1 Å². The van der Waals surface area contributed by atoms with Crippen molar-refractivity contribution in [3.63, 3.8) is 0 Å². The van der Waals surface area contributed by atoms with E-state index in [-0.39, 0.29) is 6.54 Å². The first-order valence-corrected chi connectivity index (χ1v) is 5.31. The Hall–Kier alpha value is -1.92. The summed E-state index contributed by atoms with van der Waals surface area (Å²) in [6, 6.07) is 5.58. The van der Waals surface area contributed by atoms with Gasteiger partial charge in [0, 0.05) is 17.9 Å². The summed E-state index contributed by atoms with van der Waals surface area (Å²) in [5.41, 5.74) is 6.45. The van der Waals surface area contributed by atoms with Gasteiger partial charge in [0.15, 0.2) is 0 Å². The minimum Gasteiger partial charge on any atom is -0.399 e. The number of alkyl halides is 3. The Bertz CT molecular complexity index is 420. The van der Waals surface area contributed by atoms with E-state index in [2.05, 4.69) is 0 Å². The average molecular weight is 261 g/mol. The van der Waals surface area contributed by atoms with E-state index < -0.39 is 18.8 Å². The third-order valence-electron chi connectivity index (χ3n) is 2.18. The maximum atomic E-state index is 12.0. The first kappa shape index (κ1) is 14.1. The molecule has 0 heterocycles. The van der Waals surface area contributed by atoms with E-state index in [4.69, 9.17) is 5.73 Å². The normalized spacial score (nSPS) is 11.1. The molecule has 4 nitrogen and oxygen atoms in total. The van der Waals surface area contributed by atoms with Crippen molar-refractivity contribution in [1.82, 2.24) is 5.32 Å². The highest BCUT2D eigenvalue weighted by Gasteiger charge is 2.28. The lowest BCUT2D eigenvalue weighted by Crippen LogP contribution is -2.43. The van der Waals surface area contributed by atoms with Crippen molar-refractivity contribution >= 4 is 17.4 Å². The number of benzene rings is 1.